The van der Waals surface area contributed by atoms with Gasteiger partial charge >= 0.3 is 5.97 Å². The molecule has 0 saturated carbocycles. The molecule has 18 heavy (non-hydrogen) atoms. The SMILES string of the molecule is CC(C)(C)C1=NOC(=O)C1=C=Nc1ccccc1. The molecule has 0 aromatic heterocycles. The van der Waals surface area contributed by atoms with E-state index in [2.05, 4.69) is 20.9 Å². The fourth-order valence-electron chi connectivity index (χ4n) is 1.51. The first-order chi connectivity index (χ1) is 8.48. The number of carbonyl (C=O) groups is 1. The minimum atomic E-state index is -0.500. The van der Waals surface area contributed by atoms with Crippen molar-refractivity contribution in [1.82, 2.24) is 0 Å². The molecule has 1 heterocycles. The molecule has 1 aromatic carbocycles. The molecule has 4 heteroatoms. The predicted octanol–water partition coefficient (Wildman–Crippen LogP) is 2.87. The summed E-state index contributed by atoms with van der Waals surface area (Å²) in [7, 11) is 0. The van der Waals surface area contributed by atoms with Gasteiger partial charge in [0.2, 0.25) is 0 Å². The van der Waals surface area contributed by atoms with E-state index in [4.69, 9.17) is 0 Å². The summed E-state index contributed by atoms with van der Waals surface area (Å²) in [4.78, 5) is 20.4. The Labute approximate surface area is 106 Å². The van der Waals surface area contributed by atoms with Crippen LogP contribution < -0.4 is 0 Å². The summed E-state index contributed by atoms with van der Waals surface area (Å²) in [5.41, 5.74) is 1.33. The number of rotatable bonds is 1. The fourth-order valence-corrected chi connectivity index (χ4v) is 1.51. The average molecular weight is 242 g/mol. The molecule has 4 nitrogen and oxygen atoms in total. The van der Waals surface area contributed by atoms with Gasteiger partial charge in [0.05, 0.1) is 5.69 Å². The summed E-state index contributed by atoms with van der Waals surface area (Å²) in [6.45, 7) is 5.87. The van der Waals surface area contributed by atoms with Crippen LogP contribution in [0.25, 0.3) is 0 Å². The van der Waals surface area contributed by atoms with Crippen LogP contribution in [0, 0.1) is 5.41 Å². The Morgan fingerprint density at radius 3 is 2.50 bits per heavy atom. The molecule has 1 aromatic rings. The first-order valence-electron chi connectivity index (χ1n) is 5.67. The Morgan fingerprint density at radius 2 is 1.89 bits per heavy atom. The van der Waals surface area contributed by atoms with Crippen molar-refractivity contribution in [3.63, 3.8) is 0 Å². The van der Waals surface area contributed by atoms with Crippen LogP contribution in [0.3, 0.4) is 0 Å². The Balaban J connectivity index is 2.40. The van der Waals surface area contributed by atoms with Gasteiger partial charge in [0.25, 0.3) is 0 Å². The quantitative estimate of drug-likeness (QED) is 0.432. The topological polar surface area (TPSA) is 51.0 Å². The first-order valence-corrected chi connectivity index (χ1v) is 5.67. The first kappa shape index (κ1) is 12.3. The summed E-state index contributed by atoms with van der Waals surface area (Å²) < 4.78 is 0. The van der Waals surface area contributed by atoms with Crippen molar-refractivity contribution in [3.05, 3.63) is 35.9 Å². The molecule has 0 amide bonds. The lowest BCUT2D eigenvalue weighted by atomic mass is 9.86. The van der Waals surface area contributed by atoms with Crippen LogP contribution in [0.1, 0.15) is 20.8 Å². The predicted molar refractivity (Wildman–Crippen MR) is 70.0 cm³/mol. The normalized spacial score (nSPS) is 14.9. The van der Waals surface area contributed by atoms with Crippen LogP contribution >= 0.6 is 0 Å². The second-order valence-electron chi connectivity index (χ2n) is 5.00. The molecule has 1 aliphatic rings. The van der Waals surface area contributed by atoms with Gasteiger partial charge in [0.1, 0.15) is 11.3 Å². The molecule has 0 spiro atoms. The molecule has 0 saturated heterocycles. The second kappa shape index (κ2) is 4.59. The van der Waals surface area contributed by atoms with E-state index in [1.54, 1.807) is 0 Å². The average Bonchev–Trinajstić information content (AvgIpc) is 2.69. The molecule has 0 radical (unpaired) electrons. The Bertz CT molecular complexity index is 559. The molecular formula is C14H14N2O2. The molecular weight excluding hydrogens is 228 g/mol. The van der Waals surface area contributed by atoms with Crippen molar-refractivity contribution >= 4 is 23.2 Å². The van der Waals surface area contributed by atoms with Crippen molar-refractivity contribution < 1.29 is 9.63 Å². The number of hydrogen-bond donors (Lipinski definition) is 0. The monoisotopic (exact) mass is 242 g/mol. The van der Waals surface area contributed by atoms with Crippen molar-refractivity contribution in [2.75, 3.05) is 0 Å². The maximum absolute atomic E-state index is 11.6. The lowest BCUT2D eigenvalue weighted by molar-refractivity contribution is -0.136. The van der Waals surface area contributed by atoms with Gasteiger partial charge in [-0.05, 0) is 12.1 Å². The largest absolute Gasteiger partial charge is 0.377 e. The summed E-state index contributed by atoms with van der Waals surface area (Å²) in [6.07, 6.45) is 0. The van der Waals surface area contributed by atoms with Gasteiger partial charge in [-0.3, -0.25) is 0 Å². The summed E-state index contributed by atoms with van der Waals surface area (Å²) in [5.74, 6) is 2.24. The number of carbonyl (C=O) groups excluding carboxylic acids is 1. The number of benzene rings is 1. The molecule has 0 aliphatic carbocycles. The van der Waals surface area contributed by atoms with Crippen molar-refractivity contribution in [1.29, 1.82) is 0 Å². The van der Waals surface area contributed by atoms with E-state index in [1.807, 2.05) is 51.1 Å². The van der Waals surface area contributed by atoms with E-state index in [0.29, 0.717) is 11.3 Å². The van der Waals surface area contributed by atoms with E-state index >= 15 is 0 Å². The highest BCUT2D eigenvalue weighted by Crippen LogP contribution is 2.25. The minimum absolute atomic E-state index is 0.277. The third kappa shape index (κ3) is 2.55. The van der Waals surface area contributed by atoms with E-state index in [-0.39, 0.29) is 5.41 Å². The zero-order chi connectivity index (χ0) is 13.2. The molecule has 0 fully saturated rings. The molecule has 1 aliphatic heterocycles. The number of aliphatic imine (C=N–C) groups is 1. The van der Waals surface area contributed by atoms with Gasteiger partial charge in [-0.2, -0.15) is 0 Å². The zero-order valence-corrected chi connectivity index (χ0v) is 10.6. The molecule has 0 N–H and O–H groups in total. The van der Waals surface area contributed by atoms with Crippen LogP contribution in [0.4, 0.5) is 5.69 Å². The smallest absolute Gasteiger partial charge is 0.312 e. The van der Waals surface area contributed by atoms with Crippen LogP contribution in [0.15, 0.2) is 46.1 Å². The zero-order valence-electron chi connectivity index (χ0n) is 10.6. The summed E-state index contributed by atoms with van der Waals surface area (Å²) in [5, 5.41) is 3.79. The highest BCUT2D eigenvalue weighted by Gasteiger charge is 2.34. The van der Waals surface area contributed by atoms with Crippen LogP contribution in [0.2, 0.25) is 0 Å². The van der Waals surface area contributed by atoms with Gasteiger partial charge < -0.3 is 4.84 Å². The van der Waals surface area contributed by atoms with E-state index in [1.165, 1.54) is 0 Å². The van der Waals surface area contributed by atoms with Crippen LogP contribution in [0.5, 0.6) is 0 Å². The third-order valence-corrected chi connectivity index (χ3v) is 2.42. The Morgan fingerprint density at radius 1 is 1.22 bits per heavy atom. The molecule has 0 unspecified atom stereocenters. The second-order valence-corrected chi connectivity index (χ2v) is 5.00. The van der Waals surface area contributed by atoms with Crippen LogP contribution in [-0.2, 0) is 9.63 Å². The van der Waals surface area contributed by atoms with Crippen molar-refractivity contribution in [2.45, 2.75) is 20.8 Å². The number of para-hydroxylation sites is 1. The standard InChI is InChI=1S/C14H14N2O2/c1-14(2,3)12-11(13(17)18-16-12)9-15-10-7-5-4-6-8-10/h4-8H,1-3H3. The van der Waals surface area contributed by atoms with Crippen molar-refractivity contribution in [3.8, 4) is 0 Å². The van der Waals surface area contributed by atoms with Gasteiger partial charge in [-0.1, -0.05) is 44.1 Å². The molecule has 2 rings (SSSR count). The fraction of sp³-hybridized carbons (Fsp3) is 0.286. The van der Waals surface area contributed by atoms with Gasteiger partial charge in [0, 0.05) is 11.3 Å². The van der Waals surface area contributed by atoms with Gasteiger partial charge in [0.15, 0.2) is 0 Å². The maximum atomic E-state index is 11.6. The maximum Gasteiger partial charge on any atom is 0.377 e. The highest BCUT2D eigenvalue weighted by atomic mass is 16.7. The molecule has 0 bridgehead atoms. The minimum Gasteiger partial charge on any atom is -0.312 e. The third-order valence-electron chi connectivity index (χ3n) is 2.42. The van der Waals surface area contributed by atoms with E-state index in [9.17, 15) is 4.79 Å². The molecule has 0 atom stereocenters. The number of nitrogens with zero attached hydrogens (tertiary/aromatic N) is 2. The molecule has 92 valence electrons. The number of hydrogen-bond acceptors (Lipinski definition) is 4. The van der Waals surface area contributed by atoms with Gasteiger partial charge in [-0.15, -0.1) is 0 Å². The highest BCUT2D eigenvalue weighted by molar-refractivity contribution is 6.29. The summed E-state index contributed by atoms with van der Waals surface area (Å²) >= 11 is 0. The van der Waals surface area contributed by atoms with Gasteiger partial charge in [-0.25, -0.2) is 9.79 Å². The Kier molecular flexibility index (Phi) is 3.13. The lowest BCUT2D eigenvalue weighted by Crippen LogP contribution is -2.22. The van der Waals surface area contributed by atoms with Crippen LogP contribution in [-0.4, -0.2) is 17.6 Å². The lowest BCUT2D eigenvalue weighted by Gasteiger charge is -2.15. The van der Waals surface area contributed by atoms with Crippen molar-refractivity contribution in [2.24, 2.45) is 15.6 Å². The Hall–Kier alpha value is -2.19. The summed E-state index contributed by atoms with van der Waals surface area (Å²) in [6, 6.07) is 9.31. The number of oxime groups is 1. The van der Waals surface area contributed by atoms with E-state index in [0.717, 1.165) is 5.69 Å². The van der Waals surface area contributed by atoms with E-state index < -0.39 is 5.97 Å².